The van der Waals surface area contributed by atoms with Crippen molar-refractivity contribution < 1.29 is 0 Å². The second-order valence-corrected chi connectivity index (χ2v) is 4.81. The van der Waals surface area contributed by atoms with Gasteiger partial charge in [0.2, 0.25) is 0 Å². The van der Waals surface area contributed by atoms with E-state index in [4.69, 9.17) is 0 Å². The fraction of sp³-hybridized carbons (Fsp3) is 0.429. The Hall–Kier alpha value is -2.44. The van der Waals surface area contributed by atoms with Crippen LogP contribution in [0.1, 0.15) is 13.8 Å². The summed E-state index contributed by atoms with van der Waals surface area (Å²) in [5, 5.41) is 0.374. The van der Waals surface area contributed by atoms with E-state index in [1.54, 1.807) is 30.4 Å². The number of hydrogen-bond acceptors (Lipinski definition) is 4. The molecule has 0 N–H and O–H groups in total. The number of rotatable bonds is 4. The second kappa shape index (κ2) is 5.90. The summed E-state index contributed by atoms with van der Waals surface area (Å²) in [5.74, 6) is 0. The van der Waals surface area contributed by atoms with Gasteiger partial charge in [-0.15, -0.1) is 0 Å². The number of hydrogen-bond donors (Lipinski definition) is 0. The highest BCUT2D eigenvalue weighted by molar-refractivity contribution is 5.87. The SMILES string of the molecule is CCn1c(=O)c2c(N=CN(C)C)ccnc2n(CC)c1=O. The van der Waals surface area contributed by atoms with Gasteiger partial charge in [-0.25, -0.2) is 14.8 Å². The Kier molecular flexibility index (Phi) is 4.21. The largest absolute Gasteiger partial charge is 0.369 e. The van der Waals surface area contributed by atoms with Gasteiger partial charge >= 0.3 is 5.69 Å². The predicted octanol–water partition coefficient (Wildman–Crippen LogP) is 0.819. The van der Waals surface area contributed by atoms with Crippen LogP contribution >= 0.6 is 0 Å². The zero-order valence-corrected chi connectivity index (χ0v) is 12.7. The molecule has 21 heavy (non-hydrogen) atoms. The van der Waals surface area contributed by atoms with E-state index in [1.165, 1.54) is 9.13 Å². The molecule has 0 radical (unpaired) electrons. The molecule has 0 fully saturated rings. The van der Waals surface area contributed by atoms with E-state index in [0.717, 1.165) is 0 Å². The van der Waals surface area contributed by atoms with Crippen molar-refractivity contribution in [1.29, 1.82) is 0 Å². The van der Waals surface area contributed by atoms with Gasteiger partial charge in [-0.1, -0.05) is 0 Å². The minimum absolute atomic E-state index is 0.319. The molecule has 112 valence electrons. The molecule has 0 aliphatic rings. The standard InChI is InChI=1S/C14H19N5O2/c1-5-18-12-11(13(20)19(6-2)14(18)21)10(7-8-15-12)16-9-17(3)4/h7-9H,5-6H2,1-4H3. The van der Waals surface area contributed by atoms with Crippen molar-refractivity contribution >= 4 is 23.1 Å². The van der Waals surface area contributed by atoms with Crippen LogP contribution in [0.2, 0.25) is 0 Å². The van der Waals surface area contributed by atoms with Gasteiger partial charge in [0.25, 0.3) is 5.56 Å². The van der Waals surface area contributed by atoms with Crippen LogP contribution in [0, 0.1) is 0 Å². The van der Waals surface area contributed by atoms with E-state index in [1.807, 2.05) is 21.0 Å². The Balaban J connectivity index is 2.93. The van der Waals surface area contributed by atoms with Crippen molar-refractivity contribution in [3.63, 3.8) is 0 Å². The van der Waals surface area contributed by atoms with Crippen LogP contribution in [0.25, 0.3) is 11.0 Å². The molecule has 0 aliphatic carbocycles. The molecule has 2 heterocycles. The lowest BCUT2D eigenvalue weighted by atomic mass is 10.2. The van der Waals surface area contributed by atoms with Gasteiger partial charge in [-0.3, -0.25) is 13.9 Å². The number of aliphatic imine (C=N–C) groups is 1. The number of fused-ring (bicyclic) bond motifs is 1. The Morgan fingerprint density at radius 1 is 1.24 bits per heavy atom. The van der Waals surface area contributed by atoms with Crippen LogP contribution < -0.4 is 11.2 Å². The first-order valence-corrected chi connectivity index (χ1v) is 6.84. The van der Waals surface area contributed by atoms with Gasteiger partial charge in [0.05, 0.1) is 12.0 Å². The highest BCUT2D eigenvalue weighted by Gasteiger charge is 2.15. The predicted molar refractivity (Wildman–Crippen MR) is 83.5 cm³/mol. The summed E-state index contributed by atoms with van der Waals surface area (Å²) in [6.45, 7) is 4.39. The average molecular weight is 289 g/mol. The second-order valence-electron chi connectivity index (χ2n) is 4.81. The zero-order valence-electron chi connectivity index (χ0n) is 12.7. The molecule has 2 aromatic rings. The first-order chi connectivity index (χ1) is 10.0. The van der Waals surface area contributed by atoms with E-state index in [-0.39, 0.29) is 11.2 Å². The molecule has 0 amide bonds. The molecule has 0 spiro atoms. The molecule has 2 aromatic heterocycles. The average Bonchev–Trinajstić information content (AvgIpc) is 2.45. The van der Waals surface area contributed by atoms with E-state index in [9.17, 15) is 9.59 Å². The molecule has 0 saturated heterocycles. The number of pyridine rings is 1. The first kappa shape index (κ1) is 15.0. The highest BCUT2D eigenvalue weighted by atomic mass is 16.2. The Morgan fingerprint density at radius 2 is 1.90 bits per heavy atom. The molecule has 0 unspecified atom stereocenters. The number of aromatic nitrogens is 3. The summed E-state index contributed by atoms with van der Waals surface area (Å²) < 4.78 is 2.71. The molecule has 2 rings (SSSR count). The first-order valence-electron chi connectivity index (χ1n) is 6.84. The summed E-state index contributed by atoms with van der Waals surface area (Å²) in [6, 6.07) is 1.67. The maximum atomic E-state index is 12.5. The van der Waals surface area contributed by atoms with Gasteiger partial charge in [0.1, 0.15) is 5.39 Å². The molecule has 0 aromatic carbocycles. The lowest BCUT2D eigenvalue weighted by Crippen LogP contribution is -2.39. The van der Waals surface area contributed by atoms with E-state index in [0.29, 0.717) is 29.8 Å². The van der Waals surface area contributed by atoms with Crippen LogP contribution in [0.5, 0.6) is 0 Å². The number of nitrogens with zero attached hydrogens (tertiary/aromatic N) is 5. The third-order valence-electron chi connectivity index (χ3n) is 3.15. The Labute approximate surface area is 122 Å². The Bertz CT molecular complexity index is 801. The zero-order chi connectivity index (χ0) is 15.6. The summed E-state index contributed by atoms with van der Waals surface area (Å²) in [6.07, 6.45) is 3.18. The minimum atomic E-state index is -0.346. The van der Waals surface area contributed by atoms with Crippen LogP contribution in [0.3, 0.4) is 0 Å². The molecule has 0 aliphatic heterocycles. The fourth-order valence-electron chi connectivity index (χ4n) is 2.16. The Morgan fingerprint density at radius 3 is 2.48 bits per heavy atom. The van der Waals surface area contributed by atoms with Gasteiger partial charge in [-0.05, 0) is 19.9 Å². The molecule has 0 atom stereocenters. The smallest absolute Gasteiger partial charge is 0.332 e. The fourth-order valence-corrected chi connectivity index (χ4v) is 2.16. The molecule has 0 saturated carbocycles. The molecule has 7 heteroatoms. The topological polar surface area (TPSA) is 72.5 Å². The van der Waals surface area contributed by atoms with Gasteiger partial charge in [0, 0.05) is 33.4 Å². The maximum Gasteiger partial charge on any atom is 0.332 e. The molecular formula is C14H19N5O2. The van der Waals surface area contributed by atoms with Crippen molar-refractivity contribution in [2.75, 3.05) is 14.1 Å². The van der Waals surface area contributed by atoms with Crippen molar-refractivity contribution in [3.05, 3.63) is 33.1 Å². The van der Waals surface area contributed by atoms with Crippen molar-refractivity contribution in [1.82, 2.24) is 19.0 Å². The van der Waals surface area contributed by atoms with Crippen molar-refractivity contribution in [2.24, 2.45) is 4.99 Å². The van der Waals surface area contributed by atoms with Crippen LogP contribution in [0.4, 0.5) is 5.69 Å². The number of aryl methyl sites for hydroxylation is 1. The van der Waals surface area contributed by atoms with Crippen LogP contribution in [-0.4, -0.2) is 39.5 Å². The van der Waals surface area contributed by atoms with E-state index >= 15 is 0 Å². The van der Waals surface area contributed by atoms with Crippen LogP contribution in [0.15, 0.2) is 26.8 Å². The van der Waals surface area contributed by atoms with Gasteiger partial charge < -0.3 is 4.90 Å². The molecule has 7 nitrogen and oxygen atoms in total. The summed E-state index contributed by atoms with van der Waals surface area (Å²) >= 11 is 0. The van der Waals surface area contributed by atoms with E-state index < -0.39 is 0 Å². The lowest BCUT2D eigenvalue weighted by Gasteiger charge is -2.11. The lowest BCUT2D eigenvalue weighted by molar-refractivity contribution is 0.605. The maximum absolute atomic E-state index is 12.5. The van der Waals surface area contributed by atoms with Crippen LogP contribution in [-0.2, 0) is 13.1 Å². The highest BCUT2D eigenvalue weighted by Crippen LogP contribution is 2.19. The summed E-state index contributed by atoms with van der Waals surface area (Å²) in [5.41, 5.74) is 0.216. The summed E-state index contributed by atoms with van der Waals surface area (Å²) in [7, 11) is 3.69. The van der Waals surface area contributed by atoms with Gasteiger partial charge in [-0.2, -0.15) is 0 Å². The molecule has 0 bridgehead atoms. The van der Waals surface area contributed by atoms with E-state index in [2.05, 4.69) is 9.98 Å². The third-order valence-corrected chi connectivity index (χ3v) is 3.15. The van der Waals surface area contributed by atoms with Gasteiger partial charge in [0.15, 0.2) is 5.65 Å². The van der Waals surface area contributed by atoms with Crippen molar-refractivity contribution in [2.45, 2.75) is 26.9 Å². The minimum Gasteiger partial charge on any atom is -0.369 e. The monoisotopic (exact) mass is 289 g/mol. The molecular weight excluding hydrogens is 270 g/mol. The van der Waals surface area contributed by atoms with Crippen molar-refractivity contribution in [3.8, 4) is 0 Å². The normalized spacial score (nSPS) is 11.4. The quantitative estimate of drug-likeness (QED) is 0.617. The third kappa shape index (κ3) is 2.58. The summed E-state index contributed by atoms with van der Waals surface area (Å²) in [4.78, 5) is 35.1.